The zero-order valence-electron chi connectivity index (χ0n) is 12.2. The lowest BCUT2D eigenvalue weighted by Crippen LogP contribution is -2.63. The quantitative estimate of drug-likeness (QED) is 0.564. The van der Waals surface area contributed by atoms with Gasteiger partial charge in [0, 0.05) is 19.3 Å². The first-order valence-electron chi connectivity index (χ1n) is 6.80. The predicted octanol–water partition coefficient (Wildman–Crippen LogP) is 1.15. The molecule has 1 aliphatic rings. The van der Waals surface area contributed by atoms with Crippen LogP contribution in [0.1, 0.15) is 27.2 Å². The van der Waals surface area contributed by atoms with Crippen molar-refractivity contribution in [1.29, 1.82) is 0 Å². The lowest BCUT2D eigenvalue weighted by Gasteiger charge is -2.46. The SMILES string of the molecule is C[SiH](C)OCC(C1C(=O)NC1CCO)C(C)(C)C. The number of β-lactam (4-membered cyclic amide) rings is 1. The van der Waals surface area contributed by atoms with Crippen LogP contribution in [0.2, 0.25) is 13.1 Å². The number of carbonyl (C=O) groups excluding carboxylic acids is 1. The lowest BCUT2D eigenvalue weighted by atomic mass is 9.67. The summed E-state index contributed by atoms with van der Waals surface area (Å²) in [7, 11) is -1.06. The van der Waals surface area contributed by atoms with E-state index in [0.29, 0.717) is 13.0 Å². The predicted molar refractivity (Wildman–Crippen MR) is 74.9 cm³/mol. The highest BCUT2D eigenvalue weighted by atomic mass is 28.3. The molecule has 0 spiro atoms. The van der Waals surface area contributed by atoms with Crippen molar-refractivity contribution in [2.45, 2.75) is 46.3 Å². The van der Waals surface area contributed by atoms with E-state index in [2.05, 4.69) is 39.2 Å². The van der Waals surface area contributed by atoms with Gasteiger partial charge in [-0.1, -0.05) is 20.8 Å². The van der Waals surface area contributed by atoms with E-state index < -0.39 is 9.04 Å². The van der Waals surface area contributed by atoms with Crippen molar-refractivity contribution in [1.82, 2.24) is 5.32 Å². The molecule has 0 saturated carbocycles. The Hall–Kier alpha value is -0.393. The zero-order chi connectivity index (χ0) is 13.9. The van der Waals surface area contributed by atoms with E-state index in [1.165, 1.54) is 0 Å². The summed E-state index contributed by atoms with van der Waals surface area (Å²) in [5.74, 6) is 0.324. The van der Waals surface area contributed by atoms with Crippen molar-refractivity contribution in [2.75, 3.05) is 13.2 Å². The minimum Gasteiger partial charge on any atom is -0.420 e. The highest BCUT2D eigenvalue weighted by Crippen LogP contribution is 2.38. The van der Waals surface area contributed by atoms with E-state index in [4.69, 9.17) is 9.53 Å². The van der Waals surface area contributed by atoms with Gasteiger partial charge in [0.1, 0.15) is 0 Å². The Labute approximate surface area is 112 Å². The molecule has 2 N–H and O–H groups in total. The van der Waals surface area contributed by atoms with Gasteiger partial charge in [0.2, 0.25) is 5.91 Å². The maximum atomic E-state index is 11.8. The zero-order valence-corrected chi connectivity index (χ0v) is 13.3. The van der Waals surface area contributed by atoms with Crippen LogP contribution in [0.4, 0.5) is 0 Å². The second kappa shape index (κ2) is 6.17. The van der Waals surface area contributed by atoms with Crippen molar-refractivity contribution in [3.05, 3.63) is 0 Å². The fourth-order valence-electron chi connectivity index (χ4n) is 2.50. The number of amides is 1. The van der Waals surface area contributed by atoms with Crippen LogP contribution in [0.5, 0.6) is 0 Å². The van der Waals surface area contributed by atoms with Gasteiger partial charge in [-0.3, -0.25) is 4.79 Å². The van der Waals surface area contributed by atoms with Crippen LogP contribution in [0, 0.1) is 17.3 Å². The van der Waals surface area contributed by atoms with Crippen LogP contribution < -0.4 is 5.32 Å². The summed E-state index contributed by atoms with van der Waals surface area (Å²) in [6, 6.07) is 0.115. The second-order valence-corrected chi connectivity index (χ2v) is 8.94. The summed E-state index contributed by atoms with van der Waals surface area (Å²) in [5.41, 5.74) is 0.0411. The van der Waals surface area contributed by atoms with Gasteiger partial charge in [-0.05, 0) is 30.8 Å². The maximum Gasteiger partial charge on any atom is 0.225 e. The molecule has 0 aromatic carbocycles. The van der Waals surface area contributed by atoms with E-state index in [1.54, 1.807) is 0 Å². The molecule has 0 aromatic heterocycles. The number of hydrogen-bond acceptors (Lipinski definition) is 3. The van der Waals surface area contributed by atoms with Gasteiger partial charge in [0.05, 0.1) is 5.92 Å². The number of nitrogens with one attached hydrogen (secondary N) is 1. The summed E-state index contributed by atoms with van der Waals surface area (Å²) in [6.07, 6.45) is 0.641. The minimum absolute atomic E-state index is 0.00935. The van der Waals surface area contributed by atoms with Crippen molar-refractivity contribution < 1.29 is 14.3 Å². The number of aliphatic hydroxyl groups is 1. The third-order valence-corrected chi connectivity index (χ3v) is 4.52. The van der Waals surface area contributed by atoms with Crippen molar-refractivity contribution in [3.8, 4) is 0 Å². The Morgan fingerprint density at radius 1 is 1.44 bits per heavy atom. The van der Waals surface area contributed by atoms with Gasteiger partial charge in [-0.15, -0.1) is 0 Å². The Bertz CT molecular complexity index is 288. The molecule has 0 bridgehead atoms. The van der Waals surface area contributed by atoms with Crippen LogP contribution in [-0.4, -0.2) is 39.3 Å². The van der Waals surface area contributed by atoms with E-state index in [0.717, 1.165) is 0 Å². The van der Waals surface area contributed by atoms with Crippen LogP contribution >= 0.6 is 0 Å². The van der Waals surface area contributed by atoms with Crippen molar-refractivity contribution in [2.24, 2.45) is 17.3 Å². The van der Waals surface area contributed by atoms with Gasteiger partial charge in [0.15, 0.2) is 9.04 Å². The van der Waals surface area contributed by atoms with Crippen LogP contribution in [0.25, 0.3) is 0 Å². The molecule has 1 heterocycles. The number of carbonyl (C=O) groups is 1. The molecule has 18 heavy (non-hydrogen) atoms. The molecule has 1 amide bonds. The van der Waals surface area contributed by atoms with E-state index in [1.807, 2.05) is 0 Å². The Morgan fingerprint density at radius 2 is 2.06 bits per heavy atom. The second-order valence-electron chi connectivity index (χ2n) is 6.51. The number of rotatable bonds is 6. The minimum atomic E-state index is -1.06. The van der Waals surface area contributed by atoms with Crippen molar-refractivity contribution >= 4 is 14.9 Å². The monoisotopic (exact) mass is 273 g/mol. The molecule has 3 unspecified atom stereocenters. The molecule has 0 radical (unpaired) electrons. The molecule has 1 saturated heterocycles. The van der Waals surface area contributed by atoms with E-state index in [9.17, 15) is 4.79 Å². The number of hydrogen-bond donors (Lipinski definition) is 2. The fourth-order valence-corrected chi connectivity index (χ4v) is 3.09. The molecule has 106 valence electrons. The highest BCUT2D eigenvalue weighted by molar-refractivity contribution is 6.48. The molecule has 4 nitrogen and oxygen atoms in total. The molecule has 1 rings (SSSR count). The molecule has 5 heteroatoms. The smallest absolute Gasteiger partial charge is 0.225 e. The van der Waals surface area contributed by atoms with Crippen LogP contribution in [-0.2, 0) is 9.22 Å². The van der Waals surface area contributed by atoms with E-state index in [-0.39, 0.29) is 35.8 Å². The summed E-state index contributed by atoms with van der Waals surface area (Å²) >= 11 is 0. The van der Waals surface area contributed by atoms with Gasteiger partial charge in [0.25, 0.3) is 0 Å². The normalized spacial score (nSPS) is 25.8. The summed E-state index contributed by atoms with van der Waals surface area (Å²) in [6.45, 7) is 11.5. The van der Waals surface area contributed by atoms with Gasteiger partial charge in [-0.25, -0.2) is 0 Å². The van der Waals surface area contributed by atoms with Crippen LogP contribution in [0.15, 0.2) is 0 Å². The van der Waals surface area contributed by atoms with Gasteiger partial charge in [-0.2, -0.15) is 0 Å². The summed E-state index contributed by atoms with van der Waals surface area (Å²) in [4.78, 5) is 11.8. The average molecular weight is 273 g/mol. The Balaban J connectivity index is 2.72. The first kappa shape index (κ1) is 15.7. The molecule has 1 fully saturated rings. The van der Waals surface area contributed by atoms with Gasteiger partial charge < -0.3 is 14.8 Å². The largest absolute Gasteiger partial charge is 0.420 e. The molecule has 0 aliphatic carbocycles. The summed E-state index contributed by atoms with van der Waals surface area (Å²) in [5, 5.41) is 11.9. The van der Waals surface area contributed by atoms with Crippen molar-refractivity contribution in [3.63, 3.8) is 0 Å². The van der Waals surface area contributed by atoms with Gasteiger partial charge >= 0.3 is 0 Å². The summed E-state index contributed by atoms with van der Waals surface area (Å²) < 4.78 is 5.86. The molecule has 0 aromatic rings. The first-order valence-corrected chi connectivity index (χ1v) is 9.58. The average Bonchev–Trinajstić information content (AvgIpc) is 2.21. The lowest BCUT2D eigenvalue weighted by molar-refractivity contribution is -0.142. The molecule has 1 aliphatic heterocycles. The fraction of sp³-hybridized carbons (Fsp3) is 0.923. The third kappa shape index (κ3) is 3.80. The van der Waals surface area contributed by atoms with Crippen LogP contribution in [0.3, 0.4) is 0 Å². The van der Waals surface area contributed by atoms with E-state index >= 15 is 0 Å². The maximum absolute atomic E-state index is 11.8. The number of aliphatic hydroxyl groups excluding tert-OH is 1. The Morgan fingerprint density at radius 3 is 2.44 bits per heavy atom. The topological polar surface area (TPSA) is 58.6 Å². The standard InChI is InChI=1S/C13H27NO3Si/c1-13(2,3)9(8-17-18(4)5)11-10(6-7-15)14-12(11)16/h9-11,15,18H,6-8H2,1-5H3,(H,14,16). The first-order chi connectivity index (χ1) is 8.27. The Kier molecular flexibility index (Phi) is 5.37. The third-order valence-electron chi connectivity index (χ3n) is 3.66. The molecular weight excluding hydrogens is 246 g/mol. The molecular formula is C13H27NO3Si. The molecule has 3 atom stereocenters. The highest BCUT2D eigenvalue weighted by Gasteiger charge is 2.47.